The first-order valence-corrected chi connectivity index (χ1v) is 16.1. The Balaban J connectivity index is 3.92. The number of esters is 2. The van der Waals surface area contributed by atoms with E-state index in [1.165, 1.54) is 77.0 Å². The summed E-state index contributed by atoms with van der Waals surface area (Å²) in [7, 11) is -5.00. The molecule has 0 aromatic rings. The van der Waals surface area contributed by atoms with Crippen LogP contribution in [0.15, 0.2) is 0 Å². The third-order valence-electron chi connectivity index (χ3n) is 6.47. The van der Waals surface area contributed by atoms with Gasteiger partial charge in [0, 0.05) is 0 Å². The third kappa shape index (κ3) is 22.1. The highest BCUT2D eigenvalue weighted by molar-refractivity contribution is 7.87. The molecule has 0 saturated heterocycles. The van der Waals surface area contributed by atoms with Crippen molar-refractivity contribution < 1.29 is 32.0 Å². The summed E-state index contributed by atoms with van der Waals surface area (Å²) < 4.78 is 44.6. The van der Waals surface area contributed by atoms with Crippen molar-refractivity contribution in [1.82, 2.24) is 0 Å². The van der Waals surface area contributed by atoms with Gasteiger partial charge in [0.25, 0.3) is 0 Å². The first-order chi connectivity index (χ1) is 17.3. The van der Waals surface area contributed by atoms with E-state index in [9.17, 15) is 22.6 Å². The molecular formula is C28H53O7S-. The Morgan fingerprint density at radius 2 is 0.917 bits per heavy atom. The minimum absolute atomic E-state index is 0.0506. The Morgan fingerprint density at radius 3 is 1.28 bits per heavy atom. The maximum atomic E-state index is 12.1. The molecule has 0 bridgehead atoms. The lowest BCUT2D eigenvalue weighted by Gasteiger charge is -2.18. The van der Waals surface area contributed by atoms with Crippen molar-refractivity contribution in [1.29, 1.82) is 0 Å². The van der Waals surface area contributed by atoms with E-state index in [-0.39, 0.29) is 13.2 Å². The Morgan fingerprint density at radius 1 is 0.583 bits per heavy atom. The molecule has 214 valence electrons. The highest BCUT2D eigenvalue weighted by atomic mass is 32.2. The molecule has 0 aliphatic rings. The molecule has 0 spiro atoms. The van der Waals surface area contributed by atoms with Gasteiger partial charge in [-0.25, -0.2) is 8.42 Å². The largest absolute Gasteiger partial charge is 0.747 e. The van der Waals surface area contributed by atoms with Crippen LogP contribution in [-0.4, -0.2) is 43.4 Å². The minimum Gasteiger partial charge on any atom is -0.747 e. The highest BCUT2D eigenvalue weighted by Crippen LogP contribution is 2.13. The molecule has 0 fully saturated rings. The lowest BCUT2D eigenvalue weighted by molar-refractivity contribution is -0.150. The second-order valence-electron chi connectivity index (χ2n) is 9.94. The van der Waals surface area contributed by atoms with Crippen molar-refractivity contribution in [3.05, 3.63) is 0 Å². The fraction of sp³-hybridized carbons (Fsp3) is 0.929. The van der Waals surface area contributed by atoms with Gasteiger partial charge >= 0.3 is 11.9 Å². The maximum Gasteiger partial charge on any atom is 0.323 e. The molecule has 0 N–H and O–H groups in total. The number of carbonyl (C=O) groups excluding carboxylic acids is 2. The van der Waals surface area contributed by atoms with Crippen LogP contribution < -0.4 is 0 Å². The van der Waals surface area contributed by atoms with Gasteiger partial charge in [-0.05, 0) is 12.8 Å². The second kappa shape index (κ2) is 24.2. The lowest BCUT2D eigenvalue weighted by atomic mass is 10.1. The molecule has 0 radical (unpaired) electrons. The smallest absolute Gasteiger partial charge is 0.323 e. The van der Waals surface area contributed by atoms with Crippen LogP contribution in [0.5, 0.6) is 0 Å². The number of hydrogen-bond acceptors (Lipinski definition) is 7. The van der Waals surface area contributed by atoms with Crippen LogP contribution in [-0.2, 0) is 29.2 Å². The predicted octanol–water partition coefficient (Wildman–Crippen LogP) is 7.22. The summed E-state index contributed by atoms with van der Waals surface area (Å²) in [6, 6.07) is 0. The topological polar surface area (TPSA) is 110 Å². The molecule has 0 saturated carbocycles. The highest BCUT2D eigenvalue weighted by Gasteiger charge is 2.30. The van der Waals surface area contributed by atoms with Crippen molar-refractivity contribution in [2.45, 2.75) is 154 Å². The van der Waals surface area contributed by atoms with E-state index in [1.54, 1.807) is 0 Å². The van der Waals surface area contributed by atoms with Crippen LogP contribution in [0.25, 0.3) is 0 Å². The van der Waals surface area contributed by atoms with Crippen LogP contribution >= 0.6 is 0 Å². The van der Waals surface area contributed by atoms with Gasteiger partial charge in [-0.2, -0.15) is 0 Å². The summed E-state index contributed by atoms with van der Waals surface area (Å²) in [6.45, 7) is 4.62. The summed E-state index contributed by atoms with van der Waals surface area (Å²) in [6.07, 6.45) is 21.8. The molecule has 1 unspecified atom stereocenters. The number of hydrogen-bond donors (Lipinski definition) is 0. The first-order valence-electron chi connectivity index (χ1n) is 14.6. The summed E-state index contributed by atoms with van der Waals surface area (Å²) in [5.74, 6) is -2.01. The van der Waals surface area contributed by atoms with Gasteiger partial charge < -0.3 is 14.0 Å². The molecule has 7 nitrogen and oxygen atoms in total. The quantitative estimate of drug-likeness (QED) is 0.0655. The molecule has 0 rings (SSSR count). The first kappa shape index (κ1) is 34.9. The van der Waals surface area contributed by atoms with E-state index in [0.29, 0.717) is 12.8 Å². The molecular weight excluding hydrogens is 480 g/mol. The zero-order chi connectivity index (χ0) is 26.9. The Bertz CT molecular complexity index is 634. The summed E-state index contributed by atoms with van der Waals surface area (Å²) in [4.78, 5) is 24.1. The van der Waals surface area contributed by atoms with E-state index in [4.69, 9.17) is 9.47 Å². The van der Waals surface area contributed by atoms with Crippen molar-refractivity contribution >= 4 is 22.1 Å². The number of unbranched alkanes of at least 4 members (excludes halogenated alkanes) is 18. The van der Waals surface area contributed by atoms with Gasteiger partial charge in [0.05, 0.1) is 19.6 Å². The van der Waals surface area contributed by atoms with Crippen LogP contribution in [0.3, 0.4) is 0 Å². The van der Waals surface area contributed by atoms with Crippen molar-refractivity contribution in [2.75, 3.05) is 13.2 Å². The van der Waals surface area contributed by atoms with Gasteiger partial charge in [-0.3, -0.25) is 9.59 Å². The molecule has 0 aromatic heterocycles. The van der Waals surface area contributed by atoms with Crippen molar-refractivity contribution in [3.8, 4) is 0 Å². The lowest BCUT2D eigenvalue weighted by Crippen LogP contribution is -2.34. The maximum absolute atomic E-state index is 12.1. The average molecular weight is 534 g/mol. The van der Waals surface area contributed by atoms with Gasteiger partial charge in [0.1, 0.15) is 10.1 Å². The van der Waals surface area contributed by atoms with Gasteiger partial charge in [0.15, 0.2) is 5.25 Å². The monoisotopic (exact) mass is 533 g/mol. The summed E-state index contributed by atoms with van der Waals surface area (Å²) >= 11 is 0. The van der Waals surface area contributed by atoms with Crippen LogP contribution in [0.1, 0.15) is 149 Å². The molecule has 1 atom stereocenters. The molecule has 36 heavy (non-hydrogen) atoms. The fourth-order valence-corrected chi connectivity index (χ4v) is 4.79. The van der Waals surface area contributed by atoms with Crippen LogP contribution in [0, 0.1) is 0 Å². The second-order valence-corrected chi connectivity index (χ2v) is 11.5. The molecule has 0 heterocycles. The van der Waals surface area contributed by atoms with Gasteiger partial charge in [-0.15, -0.1) is 0 Å². The van der Waals surface area contributed by atoms with Crippen molar-refractivity contribution in [3.63, 3.8) is 0 Å². The van der Waals surface area contributed by atoms with E-state index < -0.39 is 33.7 Å². The zero-order valence-electron chi connectivity index (χ0n) is 23.1. The van der Waals surface area contributed by atoms with Gasteiger partial charge in [0.2, 0.25) is 0 Å². The van der Waals surface area contributed by atoms with Crippen LogP contribution in [0.2, 0.25) is 0 Å². The molecule has 8 heteroatoms. The third-order valence-corrected chi connectivity index (χ3v) is 7.52. The fourth-order valence-electron chi connectivity index (χ4n) is 4.14. The number of carbonyl (C=O) groups is 2. The zero-order valence-corrected chi connectivity index (χ0v) is 23.9. The van der Waals surface area contributed by atoms with E-state index in [2.05, 4.69) is 13.8 Å². The minimum atomic E-state index is -5.00. The Kier molecular flexibility index (Phi) is 23.4. The molecule has 0 amide bonds. The summed E-state index contributed by atoms with van der Waals surface area (Å²) in [5, 5.41) is -2.04. The number of rotatable bonds is 26. The average Bonchev–Trinajstić information content (AvgIpc) is 2.83. The van der Waals surface area contributed by atoms with E-state index >= 15 is 0 Å². The van der Waals surface area contributed by atoms with Gasteiger partial charge in [-0.1, -0.05) is 129 Å². The summed E-state index contributed by atoms with van der Waals surface area (Å²) in [5.41, 5.74) is 0. The SMILES string of the molecule is CCCCCCCCCCCCOC(=O)CC(C(=O)OCCCCCCCCCCCC)S(=O)(=O)[O-]. The normalized spacial score (nSPS) is 12.4. The molecule has 0 aliphatic carbocycles. The van der Waals surface area contributed by atoms with E-state index in [1.807, 2.05) is 0 Å². The molecule has 0 aromatic carbocycles. The van der Waals surface area contributed by atoms with E-state index in [0.717, 1.165) is 38.5 Å². The van der Waals surface area contributed by atoms with Crippen LogP contribution in [0.4, 0.5) is 0 Å². The molecule has 0 aliphatic heterocycles. The Hall–Kier alpha value is -1.15. The number of ether oxygens (including phenoxy) is 2. The Labute approximate surface area is 221 Å². The predicted molar refractivity (Wildman–Crippen MR) is 144 cm³/mol. The van der Waals surface area contributed by atoms with Crippen molar-refractivity contribution in [2.24, 2.45) is 0 Å². The standard InChI is InChI=1S/C28H54O7S/c1-3-5-7-9-11-13-15-17-19-21-23-34-27(29)25-26(36(31,32)33)28(30)35-24-22-20-18-16-14-12-10-8-6-4-2/h26H,3-25H2,1-2H3,(H,31,32,33)/p-1.